The number of thiocarbonyl (C=S) groups is 1. The first-order chi connectivity index (χ1) is 10.5. The van der Waals surface area contributed by atoms with Crippen LogP contribution in [0.5, 0.6) is 0 Å². The van der Waals surface area contributed by atoms with Gasteiger partial charge < -0.3 is 5.32 Å². The van der Waals surface area contributed by atoms with E-state index >= 15 is 0 Å². The number of pyridine rings is 1. The molecule has 1 heterocycles. The highest BCUT2D eigenvalue weighted by Crippen LogP contribution is 2.35. The zero-order chi connectivity index (χ0) is 16.1. The first kappa shape index (κ1) is 17.0. The average molecular weight is 374 g/mol. The Balaban J connectivity index is 2.04. The summed E-state index contributed by atoms with van der Waals surface area (Å²) in [5, 5.41) is 8.27. The summed E-state index contributed by atoms with van der Waals surface area (Å²) < 4.78 is 0. The number of rotatable bonds is 3. The van der Waals surface area contributed by atoms with Gasteiger partial charge in [0.15, 0.2) is 5.11 Å². The number of halogens is 3. The second kappa shape index (κ2) is 7.74. The molecule has 4 nitrogen and oxygen atoms in total. The van der Waals surface area contributed by atoms with Gasteiger partial charge >= 0.3 is 0 Å². The van der Waals surface area contributed by atoms with Gasteiger partial charge in [0.2, 0.25) is 0 Å². The molecular formula is C14H11Cl3N4S. The molecule has 0 aliphatic heterocycles. The molecule has 2 N–H and O–H groups in total. The van der Waals surface area contributed by atoms with Crippen molar-refractivity contribution in [2.45, 2.75) is 6.92 Å². The monoisotopic (exact) mass is 372 g/mol. The van der Waals surface area contributed by atoms with Crippen molar-refractivity contribution in [3.05, 3.63) is 57.3 Å². The maximum Gasteiger partial charge on any atom is 0.191 e. The summed E-state index contributed by atoms with van der Waals surface area (Å²) in [7, 11) is 0. The minimum atomic E-state index is 0.268. The molecule has 114 valence electrons. The Morgan fingerprint density at radius 3 is 2.59 bits per heavy atom. The van der Waals surface area contributed by atoms with Crippen molar-refractivity contribution in [1.29, 1.82) is 0 Å². The lowest BCUT2D eigenvalue weighted by Gasteiger charge is -2.11. The van der Waals surface area contributed by atoms with E-state index in [1.165, 1.54) is 0 Å². The Kier molecular flexibility index (Phi) is 5.97. The highest BCUT2D eigenvalue weighted by Gasteiger charge is 2.09. The lowest BCUT2D eigenvalue weighted by molar-refractivity contribution is 1.03. The van der Waals surface area contributed by atoms with Gasteiger partial charge in [0.1, 0.15) is 0 Å². The molecule has 22 heavy (non-hydrogen) atoms. The Morgan fingerprint density at radius 2 is 1.91 bits per heavy atom. The van der Waals surface area contributed by atoms with Crippen LogP contribution in [-0.4, -0.2) is 15.8 Å². The molecule has 8 heteroatoms. The average Bonchev–Trinajstić information content (AvgIpc) is 2.54. The second-order valence-corrected chi connectivity index (χ2v) is 5.77. The van der Waals surface area contributed by atoms with E-state index < -0.39 is 0 Å². The third-order valence-corrected chi connectivity index (χ3v) is 4.13. The maximum atomic E-state index is 6.09. The Morgan fingerprint density at radius 1 is 1.14 bits per heavy atom. The quantitative estimate of drug-likeness (QED) is 0.353. The van der Waals surface area contributed by atoms with Crippen LogP contribution in [0.4, 0.5) is 5.69 Å². The predicted molar refractivity (Wildman–Crippen MR) is 97.3 cm³/mol. The summed E-state index contributed by atoms with van der Waals surface area (Å²) in [6.45, 7) is 1.82. The van der Waals surface area contributed by atoms with Crippen LogP contribution >= 0.6 is 47.0 Å². The van der Waals surface area contributed by atoms with Crippen molar-refractivity contribution in [2.75, 3.05) is 5.32 Å². The van der Waals surface area contributed by atoms with Gasteiger partial charge in [-0.2, -0.15) is 5.10 Å². The molecule has 0 saturated heterocycles. The Hall–Kier alpha value is -1.40. The van der Waals surface area contributed by atoms with Gasteiger partial charge in [0.25, 0.3) is 0 Å². The minimum Gasteiger partial charge on any atom is -0.330 e. The van der Waals surface area contributed by atoms with Crippen LogP contribution in [0.2, 0.25) is 15.1 Å². The van der Waals surface area contributed by atoms with E-state index in [0.717, 1.165) is 5.69 Å². The zero-order valence-electron chi connectivity index (χ0n) is 11.4. The Bertz CT molecular complexity index is 720. The summed E-state index contributed by atoms with van der Waals surface area (Å²) in [6, 6.07) is 8.88. The highest BCUT2D eigenvalue weighted by molar-refractivity contribution is 7.80. The first-order valence-corrected chi connectivity index (χ1v) is 7.69. The third kappa shape index (κ3) is 4.30. The zero-order valence-corrected chi connectivity index (χ0v) is 14.5. The largest absolute Gasteiger partial charge is 0.330 e. The van der Waals surface area contributed by atoms with Crippen LogP contribution in [0.25, 0.3) is 0 Å². The van der Waals surface area contributed by atoms with Crippen LogP contribution in [-0.2, 0) is 0 Å². The van der Waals surface area contributed by atoms with E-state index in [4.69, 9.17) is 47.0 Å². The molecule has 1 aromatic heterocycles. The lowest BCUT2D eigenvalue weighted by Crippen LogP contribution is -2.25. The van der Waals surface area contributed by atoms with Crippen molar-refractivity contribution < 1.29 is 0 Å². The number of hydrogen-bond donors (Lipinski definition) is 2. The number of nitrogens with one attached hydrogen (secondary N) is 2. The molecule has 0 amide bonds. The van der Waals surface area contributed by atoms with Crippen LogP contribution < -0.4 is 10.7 Å². The van der Waals surface area contributed by atoms with E-state index in [-0.39, 0.29) is 10.1 Å². The van der Waals surface area contributed by atoms with Gasteiger partial charge in [-0.25, -0.2) is 0 Å². The number of aromatic nitrogens is 1. The van der Waals surface area contributed by atoms with Gasteiger partial charge in [-0.15, -0.1) is 0 Å². The van der Waals surface area contributed by atoms with Gasteiger partial charge in [-0.05, 0) is 43.4 Å². The van der Waals surface area contributed by atoms with Gasteiger partial charge in [-0.3, -0.25) is 10.4 Å². The maximum absolute atomic E-state index is 6.09. The number of nitrogens with zero attached hydrogens (tertiary/aromatic N) is 2. The van der Waals surface area contributed by atoms with E-state index in [1.54, 1.807) is 18.3 Å². The van der Waals surface area contributed by atoms with E-state index in [9.17, 15) is 0 Å². The standard InChI is InChI=1S/C14H11Cl3N4S/c1-8(10-4-2-3-7-18-10)20-21-14(22)19-11-6-5-9(15)12(16)13(11)17/h2-7H,1H3,(H2,19,21,22)/b20-8+. The third-order valence-electron chi connectivity index (χ3n) is 2.64. The van der Waals surface area contributed by atoms with E-state index in [1.807, 2.05) is 25.1 Å². The van der Waals surface area contributed by atoms with Crippen LogP contribution in [0.1, 0.15) is 12.6 Å². The van der Waals surface area contributed by atoms with Crippen LogP contribution in [0.3, 0.4) is 0 Å². The van der Waals surface area contributed by atoms with Crippen molar-refractivity contribution in [3.8, 4) is 0 Å². The smallest absolute Gasteiger partial charge is 0.191 e. The summed E-state index contributed by atoms with van der Waals surface area (Å²) in [5.74, 6) is 0. The van der Waals surface area contributed by atoms with E-state index in [2.05, 4.69) is 20.8 Å². The van der Waals surface area contributed by atoms with Gasteiger partial charge in [-0.1, -0.05) is 40.9 Å². The molecular weight excluding hydrogens is 363 g/mol. The van der Waals surface area contributed by atoms with Crippen LogP contribution in [0.15, 0.2) is 41.6 Å². The first-order valence-electron chi connectivity index (χ1n) is 6.15. The number of hydrazone groups is 1. The highest BCUT2D eigenvalue weighted by atomic mass is 35.5. The summed E-state index contributed by atoms with van der Waals surface area (Å²) >= 11 is 23.1. The molecule has 0 aliphatic carbocycles. The molecule has 0 saturated carbocycles. The summed E-state index contributed by atoms with van der Waals surface area (Å²) in [4.78, 5) is 4.19. The lowest BCUT2D eigenvalue weighted by atomic mass is 10.3. The molecule has 0 aliphatic rings. The summed E-state index contributed by atoms with van der Waals surface area (Å²) in [6.07, 6.45) is 1.69. The molecule has 0 radical (unpaired) electrons. The Labute approximate surface area is 148 Å². The second-order valence-electron chi connectivity index (χ2n) is 4.20. The SMILES string of the molecule is C/C(=N\NC(=S)Nc1ccc(Cl)c(Cl)c1Cl)c1ccccn1. The molecule has 2 aromatic rings. The molecule has 0 unspecified atom stereocenters. The predicted octanol–water partition coefficient (Wildman–Crippen LogP) is 4.75. The van der Waals surface area contributed by atoms with Crippen molar-refractivity contribution in [3.63, 3.8) is 0 Å². The number of anilines is 1. The molecule has 0 atom stereocenters. The molecule has 0 spiro atoms. The molecule has 1 aromatic carbocycles. The van der Waals surface area contributed by atoms with Gasteiger partial charge in [0, 0.05) is 6.20 Å². The molecule has 0 bridgehead atoms. The number of hydrogen-bond acceptors (Lipinski definition) is 3. The van der Waals surface area contributed by atoms with Gasteiger partial charge in [0.05, 0.1) is 32.2 Å². The van der Waals surface area contributed by atoms with Crippen molar-refractivity contribution in [2.24, 2.45) is 5.10 Å². The normalized spacial score (nSPS) is 11.2. The van der Waals surface area contributed by atoms with Crippen molar-refractivity contribution >= 4 is 63.5 Å². The molecule has 2 rings (SSSR count). The topological polar surface area (TPSA) is 49.3 Å². The number of benzene rings is 1. The van der Waals surface area contributed by atoms with E-state index in [0.29, 0.717) is 21.4 Å². The minimum absolute atomic E-state index is 0.268. The fourth-order valence-electron chi connectivity index (χ4n) is 1.54. The fraction of sp³-hybridized carbons (Fsp3) is 0.0714. The fourth-order valence-corrected chi connectivity index (χ4v) is 2.28. The summed E-state index contributed by atoms with van der Waals surface area (Å²) in [5.41, 5.74) is 4.72. The van der Waals surface area contributed by atoms with Crippen LogP contribution in [0, 0.1) is 0 Å². The molecule has 0 fully saturated rings. The van der Waals surface area contributed by atoms with Crippen molar-refractivity contribution in [1.82, 2.24) is 10.4 Å².